The van der Waals surface area contributed by atoms with Crippen LogP contribution in [-0.2, 0) is 35.8 Å². The Kier molecular flexibility index (Phi) is 6.94. The molecule has 1 saturated carbocycles. The summed E-state index contributed by atoms with van der Waals surface area (Å²) in [6.45, 7) is 1.07. The van der Waals surface area contributed by atoms with Gasteiger partial charge >= 0.3 is 11.9 Å². The van der Waals surface area contributed by atoms with E-state index in [0.29, 0.717) is 37.7 Å². The molecule has 6 rings (SSSR count). The summed E-state index contributed by atoms with van der Waals surface area (Å²) < 4.78 is 10.4. The number of carbonyl (C=O) groups is 3. The molecule has 40 heavy (non-hydrogen) atoms. The minimum Gasteiger partial charge on any atom is -0.466 e. The molecule has 8 nitrogen and oxygen atoms in total. The Hall–Kier alpha value is -3.94. The molecule has 1 saturated heterocycles. The maximum Gasteiger partial charge on any atom is 0.357 e. The number of amidine groups is 1. The van der Waals surface area contributed by atoms with Gasteiger partial charge in [-0.1, -0.05) is 67.8 Å². The van der Waals surface area contributed by atoms with Crippen molar-refractivity contribution >= 4 is 29.4 Å². The van der Waals surface area contributed by atoms with Crippen LogP contribution in [0.2, 0.25) is 0 Å². The molecular formula is C32H35N3O5. The fraction of sp³-hybridized carbons (Fsp3) is 0.438. The molecule has 1 spiro atoms. The van der Waals surface area contributed by atoms with E-state index in [4.69, 9.17) is 14.5 Å². The van der Waals surface area contributed by atoms with Crippen LogP contribution in [-0.4, -0.2) is 55.4 Å². The summed E-state index contributed by atoms with van der Waals surface area (Å²) in [5.41, 5.74) is 2.34. The van der Waals surface area contributed by atoms with Gasteiger partial charge in [0, 0.05) is 25.2 Å². The van der Waals surface area contributed by atoms with E-state index in [0.717, 1.165) is 42.5 Å². The molecule has 208 valence electrons. The van der Waals surface area contributed by atoms with Crippen LogP contribution in [0.1, 0.15) is 56.1 Å². The molecule has 0 radical (unpaired) electrons. The summed E-state index contributed by atoms with van der Waals surface area (Å²) in [6, 6.07) is 17.6. The number of aliphatic imine (C=N–C) groups is 1. The fourth-order valence-corrected chi connectivity index (χ4v) is 7.28. The van der Waals surface area contributed by atoms with Crippen molar-refractivity contribution in [2.75, 3.05) is 25.7 Å². The summed E-state index contributed by atoms with van der Waals surface area (Å²) in [5, 5.41) is 0. The van der Waals surface area contributed by atoms with Crippen molar-refractivity contribution in [3.63, 3.8) is 0 Å². The quantitative estimate of drug-likeness (QED) is 0.500. The van der Waals surface area contributed by atoms with Crippen LogP contribution in [0.5, 0.6) is 0 Å². The number of rotatable bonds is 6. The molecule has 8 heteroatoms. The molecular weight excluding hydrogens is 506 g/mol. The molecule has 2 aromatic carbocycles. The molecule has 0 bridgehead atoms. The summed E-state index contributed by atoms with van der Waals surface area (Å²) in [7, 11) is 2.60. The van der Waals surface area contributed by atoms with Crippen LogP contribution in [0.3, 0.4) is 0 Å². The van der Waals surface area contributed by atoms with Gasteiger partial charge in [0.15, 0.2) is 5.70 Å². The second-order valence-corrected chi connectivity index (χ2v) is 11.2. The molecule has 1 amide bonds. The Morgan fingerprint density at radius 2 is 1.65 bits per heavy atom. The number of nitrogens with zero attached hydrogens (tertiary/aromatic N) is 3. The lowest BCUT2D eigenvalue weighted by molar-refractivity contribution is -0.140. The summed E-state index contributed by atoms with van der Waals surface area (Å²) in [6.07, 6.45) is 6.47. The van der Waals surface area contributed by atoms with Crippen molar-refractivity contribution in [3.05, 3.63) is 77.0 Å². The second-order valence-electron chi connectivity index (χ2n) is 11.2. The van der Waals surface area contributed by atoms with E-state index in [2.05, 4.69) is 17.0 Å². The number of methoxy groups -OCH3 is 2. The number of hydrogen-bond acceptors (Lipinski definition) is 7. The predicted octanol–water partition coefficient (Wildman–Crippen LogP) is 4.53. The number of esters is 2. The highest BCUT2D eigenvalue weighted by Gasteiger charge is 2.63. The first kappa shape index (κ1) is 26.3. The number of carbonyl (C=O) groups excluding carboxylic acids is 3. The van der Waals surface area contributed by atoms with Gasteiger partial charge in [0.25, 0.3) is 0 Å². The molecule has 1 aliphatic carbocycles. The predicted molar refractivity (Wildman–Crippen MR) is 151 cm³/mol. The van der Waals surface area contributed by atoms with Crippen molar-refractivity contribution < 1.29 is 23.9 Å². The minimum atomic E-state index is -0.797. The average molecular weight is 542 g/mol. The van der Waals surface area contributed by atoms with Gasteiger partial charge in [-0.25, -0.2) is 14.6 Å². The number of amides is 1. The third kappa shape index (κ3) is 4.12. The Labute approximate surface area is 234 Å². The lowest BCUT2D eigenvalue weighted by Gasteiger charge is -2.49. The molecule has 3 heterocycles. The van der Waals surface area contributed by atoms with Gasteiger partial charge in [0.2, 0.25) is 5.91 Å². The molecule has 2 fully saturated rings. The topological polar surface area (TPSA) is 88.5 Å². The van der Waals surface area contributed by atoms with Gasteiger partial charge in [0.05, 0.1) is 31.2 Å². The van der Waals surface area contributed by atoms with E-state index in [1.54, 1.807) is 0 Å². The Balaban J connectivity index is 1.59. The first-order valence-corrected chi connectivity index (χ1v) is 14.2. The largest absolute Gasteiger partial charge is 0.466 e. The van der Waals surface area contributed by atoms with E-state index < -0.39 is 23.4 Å². The zero-order valence-electron chi connectivity index (χ0n) is 23.1. The number of benzene rings is 2. The Morgan fingerprint density at radius 1 is 0.950 bits per heavy atom. The molecule has 2 aromatic rings. The highest BCUT2D eigenvalue weighted by molar-refractivity contribution is 6.15. The van der Waals surface area contributed by atoms with Crippen molar-refractivity contribution in [2.24, 2.45) is 10.9 Å². The highest BCUT2D eigenvalue weighted by atomic mass is 16.5. The van der Waals surface area contributed by atoms with Crippen LogP contribution in [0.4, 0.5) is 5.69 Å². The SMILES string of the molecule is COC(=O)C1=C(C(=O)OC)[C@@H]2N(Cc3ccccc3)c3ccccc3[C@@]23CCC(=O)N(CC2CCCCC2)C3=N1. The van der Waals surface area contributed by atoms with Gasteiger partial charge < -0.3 is 14.4 Å². The number of ether oxygens (including phenoxy) is 2. The van der Waals surface area contributed by atoms with E-state index >= 15 is 0 Å². The van der Waals surface area contributed by atoms with Crippen LogP contribution >= 0.6 is 0 Å². The van der Waals surface area contributed by atoms with Crippen molar-refractivity contribution in [3.8, 4) is 0 Å². The normalized spacial score (nSPS) is 24.2. The molecule has 2 atom stereocenters. The van der Waals surface area contributed by atoms with E-state index in [1.807, 2.05) is 47.4 Å². The molecule has 0 N–H and O–H groups in total. The number of para-hydroxylation sites is 1. The van der Waals surface area contributed by atoms with Gasteiger partial charge in [-0.05, 0) is 42.4 Å². The third-order valence-electron chi connectivity index (χ3n) is 9.05. The highest BCUT2D eigenvalue weighted by Crippen LogP contribution is 2.56. The molecule has 3 aliphatic heterocycles. The third-order valence-corrected chi connectivity index (χ3v) is 9.05. The zero-order chi connectivity index (χ0) is 27.9. The number of anilines is 1. The fourth-order valence-electron chi connectivity index (χ4n) is 7.28. The van der Waals surface area contributed by atoms with Gasteiger partial charge in [-0.3, -0.25) is 9.69 Å². The van der Waals surface area contributed by atoms with Gasteiger partial charge in [-0.2, -0.15) is 0 Å². The lowest BCUT2D eigenvalue weighted by Crippen LogP contribution is -2.63. The number of fused-ring (bicyclic) bond motifs is 1. The molecule has 0 unspecified atom stereocenters. The maximum absolute atomic E-state index is 13.6. The van der Waals surface area contributed by atoms with Crippen LogP contribution in [0, 0.1) is 5.92 Å². The summed E-state index contributed by atoms with van der Waals surface area (Å²) >= 11 is 0. The number of likely N-dealkylation sites (tertiary alicyclic amines) is 1. The van der Waals surface area contributed by atoms with Crippen molar-refractivity contribution in [2.45, 2.75) is 62.9 Å². The van der Waals surface area contributed by atoms with Crippen LogP contribution in [0.25, 0.3) is 0 Å². The zero-order valence-corrected chi connectivity index (χ0v) is 23.1. The minimum absolute atomic E-state index is 0.0124. The Bertz CT molecular complexity index is 1390. The first-order valence-electron chi connectivity index (χ1n) is 14.2. The van der Waals surface area contributed by atoms with Crippen LogP contribution in [0.15, 0.2) is 70.9 Å². The lowest BCUT2D eigenvalue weighted by atomic mass is 9.65. The standard InChI is InChI=1S/C32H35N3O5/c1-39-29(37)26-27(30(38)40-2)33-31-32(18-17-25(36)35(31)20-22-13-7-4-8-14-22)23-15-9-10-16-24(23)34(28(26)32)19-21-11-5-3-6-12-21/h3,5-6,9-12,15-16,22,28H,4,7-8,13-14,17-20H2,1-2H3/t28-,32-/m0/s1. The summed E-state index contributed by atoms with van der Waals surface area (Å²) in [4.78, 5) is 49.3. The maximum atomic E-state index is 13.6. The smallest absolute Gasteiger partial charge is 0.357 e. The monoisotopic (exact) mass is 541 g/mol. The van der Waals surface area contributed by atoms with Crippen molar-refractivity contribution in [1.29, 1.82) is 0 Å². The first-order chi connectivity index (χ1) is 19.5. The molecule has 0 aromatic heterocycles. The average Bonchev–Trinajstić information content (AvgIpc) is 3.27. The second kappa shape index (κ2) is 10.6. The van der Waals surface area contributed by atoms with E-state index in [-0.39, 0.29) is 17.2 Å². The summed E-state index contributed by atoms with van der Waals surface area (Å²) in [5.74, 6) is -0.394. The molecule has 4 aliphatic rings. The van der Waals surface area contributed by atoms with E-state index in [1.165, 1.54) is 20.6 Å². The van der Waals surface area contributed by atoms with Crippen molar-refractivity contribution in [1.82, 2.24) is 4.90 Å². The number of hydrogen-bond donors (Lipinski definition) is 0. The van der Waals surface area contributed by atoms with Gasteiger partial charge in [0.1, 0.15) is 5.84 Å². The van der Waals surface area contributed by atoms with E-state index in [9.17, 15) is 14.4 Å². The number of piperidine rings is 1. The van der Waals surface area contributed by atoms with Crippen LogP contribution < -0.4 is 4.90 Å². The van der Waals surface area contributed by atoms with Gasteiger partial charge in [-0.15, -0.1) is 0 Å². The Morgan fingerprint density at radius 3 is 2.38 bits per heavy atom.